The lowest BCUT2D eigenvalue weighted by molar-refractivity contribution is 0.0950. The van der Waals surface area contributed by atoms with Crippen molar-refractivity contribution in [1.82, 2.24) is 19.9 Å². The van der Waals surface area contributed by atoms with Gasteiger partial charge in [0.05, 0.1) is 17.6 Å². The Morgan fingerprint density at radius 1 is 1.12 bits per heavy atom. The molecule has 0 saturated heterocycles. The van der Waals surface area contributed by atoms with Crippen LogP contribution in [0.25, 0.3) is 22.2 Å². The van der Waals surface area contributed by atoms with Crippen molar-refractivity contribution in [3.63, 3.8) is 0 Å². The van der Waals surface area contributed by atoms with Crippen molar-refractivity contribution >= 4 is 16.9 Å². The number of fused-ring (bicyclic) bond motifs is 2. The lowest BCUT2D eigenvalue weighted by Gasteiger charge is -2.09. The van der Waals surface area contributed by atoms with E-state index in [0.717, 1.165) is 35.5 Å². The number of carbonyl (C=O) groups is 1. The SMILES string of the molecule is Cn1c(=O)[nH]c(=O)c2cc(C(=O)NCc3ccc(-c4ccc5c(c4)CCO5)cc3)cnc21. The largest absolute Gasteiger partial charge is 0.493 e. The maximum atomic E-state index is 12.6. The Morgan fingerprint density at radius 3 is 2.72 bits per heavy atom. The van der Waals surface area contributed by atoms with E-state index in [9.17, 15) is 14.4 Å². The van der Waals surface area contributed by atoms with Gasteiger partial charge >= 0.3 is 5.69 Å². The van der Waals surface area contributed by atoms with E-state index in [4.69, 9.17) is 4.74 Å². The van der Waals surface area contributed by atoms with Gasteiger partial charge in [0.25, 0.3) is 11.5 Å². The van der Waals surface area contributed by atoms with Gasteiger partial charge in [-0.15, -0.1) is 0 Å². The number of nitrogens with one attached hydrogen (secondary N) is 2. The van der Waals surface area contributed by atoms with E-state index in [1.807, 2.05) is 36.4 Å². The van der Waals surface area contributed by atoms with Crippen molar-refractivity contribution < 1.29 is 9.53 Å². The summed E-state index contributed by atoms with van der Waals surface area (Å²) in [6.45, 7) is 1.06. The van der Waals surface area contributed by atoms with Gasteiger partial charge in [0.1, 0.15) is 11.4 Å². The molecule has 1 amide bonds. The first kappa shape index (κ1) is 19.7. The fourth-order valence-electron chi connectivity index (χ4n) is 3.83. The first-order chi connectivity index (χ1) is 15.5. The molecule has 0 saturated carbocycles. The Balaban J connectivity index is 1.30. The molecule has 0 bridgehead atoms. The molecule has 2 aromatic carbocycles. The molecule has 0 atom stereocenters. The summed E-state index contributed by atoms with van der Waals surface area (Å²) in [4.78, 5) is 42.7. The molecular weight excluding hydrogens is 408 g/mol. The summed E-state index contributed by atoms with van der Waals surface area (Å²) in [5.41, 5.74) is 3.75. The summed E-state index contributed by atoms with van der Waals surface area (Å²) in [6.07, 6.45) is 2.29. The zero-order chi connectivity index (χ0) is 22.2. The van der Waals surface area contributed by atoms with Gasteiger partial charge in [-0.05, 0) is 40.5 Å². The molecule has 2 aromatic heterocycles. The van der Waals surface area contributed by atoms with Crippen molar-refractivity contribution in [1.29, 1.82) is 0 Å². The predicted molar refractivity (Wildman–Crippen MR) is 120 cm³/mol. The van der Waals surface area contributed by atoms with Gasteiger partial charge in [-0.2, -0.15) is 0 Å². The molecule has 8 heteroatoms. The van der Waals surface area contributed by atoms with Crippen LogP contribution < -0.4 is 21.3 Å². The number of benzene rings is 2. The molecule has 5 rings (SSSR count). The minimum absolute atomic E-state index is 0.184. The van der Waals surface area contributed by atoms with E-state index in [0.29, 0.717) is 6.54 Å². The van der Waals surface area contributed by atoms with Gasteiger partial charge in [0.2, 0.25) is 0 Å². The summed E-state index contributed by atoms with van der Waals surface area (Å²) < 4.78 is 6.79. The molecule has 3 heterocycles. The van der Waals surface area contributed by atoms with E-state index in [-0.39, 0.29) is 22.5 Å². The van der Waals surface area contributed by atoms with Crippen LogP contribution in [0.5, 0.6) is 5.75 Å². The summed E-state index contributed by atoms with van der Waals surface area (Å²) in [7, 11) is 1.51. The Kier molecular flexibility index (Phi) is 4.82. The number of pyridine rings is 1. The van der Waals surface area contributed by atoms with Gasteiger partial charge in [-0.25, -0.2) is 9.78 Å². The zero-order valence-electron chi connectivity index (χ0n) is 17.3. The molecule has 0 radical (unpaired) electrons. The highest BCUT2D eigenvalue weighted by molar-refractivity contribution is 5.96. The Labute approximate surface area is 182 Å². The van der Waals surface area contributed by atoms with E-state index in [1.165, 1.54) is 29.4 Å². The standard InChI is InChI=1S/C24H20N4O4/c1-28-21-19(23(30)27-24(28)31)11-18(13-25-21)22(29)26-12-14-2-4-15(5-3-14)16-6-7-20-17(10-16)8-9-32-20/h2-7,10-11,13H,8-9,12H2,1H3,(H,26,29)(H,27,30,31). The Bertz CT molecular complexity index is 1470. The fourth-order valence-corrected chi connectivity index (χ4v) is 3.83. The summed E-state index contributed by atoms with van der Waals surface area (Å²) in [5, 5.41) is 3.03. The fraction of sp³-hybridized carbons (Fsp3) is 0.167. The number of aromatic nitrogens is 3. The molecule has 1 aliphatic rings. The molecule has 0 unspecified atom stereocenters. The molecule has 0 fully saturated rings. The minimum atomic E-state index is -0.570. The van der Waals surface area contributed by atoms with Crippen LogP contribution in [0.1, 0.15) is 21.5 Å². The first-order valence-electron chi connectivity index (χ1n) is 10.2. The third kappa shape index (κ3) is 3.56. The van der Waals surface area contributed by atoms with E-state index in [2.05, 4.69) is 21.4 Å². The van der Waals surface area contributed by atoms with Gasteiger partial charge in [0.15, 0.2) is 0 Å². The second kappa shape index (κ2) is 7.81. The quantitative estimate of drug-likeness (QED) is 0.518. The van der Waals surface area contributed by atoms with Gasteiger partial charge in [-0.3, -0.25) is 19.1 Å². The normalized spacial score (nSPS) is 12.4. The summed E-state index contributed by atoms with van der Waals surface area (Å²) in [5.74, 6) is 0.607. The van der Waals surface area contributed by atoms with E-state index < -0.39 is 11.2 Å². The second-order valence-corrected chi connectivity index (χ2v) is 7.71. The van der Waals surface area contributed by atoms with E-state index >= 15 is 0 Å². The summed E-state index contributed by atoms with van der Waals surface area (Å²) >= 11 is 0. The highest BCUT2D eigenvalue weighted by atomic mass is 16.5. The average Bonchev–Trinajstić information content (AvgIpc) is 3.29. The Morgan fingerprint density at radius 2 is 1.91 bits per heavy atom. The van der Waals surface area contributed by atoms with Crippen LogP contribution in [0.3, 0.4) is 0 Å². The lowest BCUT2D eigenvalue weighted by Crippen LogP contribution is -2.29. The van der Waals surface area contributed by atoms with E-state index in [1.54, 1.807) is 0 Å². The molecule has 4 aromatic rings. The molecule has 8 nitrogen and oxygen atoms in total. The van der Waals surface area contributed by atoms with Gasteiger partial charge in [-0.1, -0.05) is 30.3 Å². The average molecular weight is 428 g/mol. The number of amides is 1. The zero-order valence-corrected chi connectivity index (χ0v) is 17.3. The number of aromatic amines is 1. The van der Waals surface area contributed by atoms with Gasteiger partial charge in [0, 0.05) is 26.2 Å². The van der Waals surface area contributed by atoms with Crippen molar-refractivity contribution in [2.24, 2.45) is 7.05 Å². The van der Waals surface area contributed by atoms with Crippen LogP contribution in [-0.2, 0) is 20.0 Å². The van der Waals surface area contributed by atoms with Crippen LogP contribution in [0, 0.1) is 0 Å². The number of nitrogens with zero attached hydrogens (tertiary/aromatic N) is 2. The number of hydrogen-bond acceptors (Lipinski definition) is 5. The topological polar surface area (TPSA) is 106 Å². The Hall–Kier alpha value is -4.20. The molecular formula is C24H20N4O4. The molecule has 160 valence electrons. The lowest BCUT2D eigenvalue weighted by atomic mass is 10.0. The van der Waals surface area contributed by atoms with Crippen LogP contribution in [-0.4, -0.2) is 27.0 Å². The molecule has 0 spiro atoms. The van der Waals surface area contributed by atoms with Crippen LogP contribution in [0.4, 0.5) is 0 Å². The van der Waals surface area contributed by atoms with Gasteiger partial charge < -0.3 is 10.1 Å². The number of H-pyrrole nitrogens is 1. The van der Waals surface area contributed by atoms with Crippen molar-refractivity contribution in [2.75, 3.05) is 6.61 Å². The highest BCUT2D eigenvalue weighted by Crippen LogP contribution is 2.30. The summed E-state index contributed by atoms with van der Waals surface area (Å²) in [6, 6.07) is 15.6. The maximum Gasteiger partial charge on any atom is 0.329 e. The number of hydrogen-bond donors (Lipinski definition) is 2. The monoisotopic (exact) mass is 428 g/mol. The second-order valence-electron chi connectivity index (χ2n) is 7.71. The number of rotatable bonds is 4. The van der Waals surface area contributed by atoms with Crippen LogP contribution >= 0.6 is 0 Å². The van der Waals surface area contributed by atoms with Crippen molar-refractivity contribution in [3.05, 3.63) is 92.3 Å². The number of carbonyl (C=O) groups excluding carboxylic acids is 1. The maximum absolute atomic E-state index is 12.6. The first-order valence-corrected chi connectivity index (χ1v) is 10.2. The third-order valence-electron chi connectivity index (χ3n) is 5.65. The highest BCUT2D eigenvalue weighted by Gasteiger charge is 2.13. The smallest absolute Gasteiger partial charge is 0.329 e. The molecule has 2 N–H and O–H groups in total. The third-order valence-corrected chi connectivity index (χ3v) is 5.65. The number of ether oxygens (including phenoxy) is 1. The molecule has 0 aliphatic carbocycles. The molecule has 32 heavy (non-hydrogen) atoms. The van der Waals surface area contributed by atoms with Crippen molar-refractivity contribution in [2.45, 2.75) is 13.0 Å². The van der Waals surface area contributed by atoms with Crippen LogP contribution in [0.15, 0.2) is 64.3 Å². The minimum Gasteiger partial charge on any atom is -0.493 e. The van der Waals surface area contributed by atoms with Crippen LogP contribution in [0.2, 0.25) is 0 Å². The van der Waals surface area contributed by atoms with Crippen molar-refractivity contribution in [3.8, 4) is 16.9 Å². The number of aryl methyl sites for hydroxylation is 1. The molecule has 1 aliphatic heterocycles. The predicted octanol–water partition coefficient (Wildman–Crippen LogP) is 2.15.